The molecule has 21 heavy (non-hydrogen) atoms. The molecule has 0 radical (unpaired) electrons. The fourth-order valence-electron chi connectivity index (χ4n) is 2.39. The third kappa shape index (κ3) is 4.35. The normalized spacial score (nSPS) is 14.0. The van der Waals surface area contributed by atoms with Crippen LogP contribution in [0, 0.1) is 0 Å². The molecule has 2 nitrogen and oxygen atoms in total. The average Bonchev–Trinajstić information content (AvgIpc) is 2.55. The lowest BCUT2D eigenvalue weighted by Crippen LogP contribution is -2.19. The number of rotatable bonds is 4. The summed E-state index contributed by atoms with van der Waals surface area (Å²) in [5.41, 5.74) is 3.93. The first-order valence-electron chi connectivity index (χ1n) is 7.09. The lowest BCUT2D eigenvalue weighted by Gasteiger charge is -2.14. The van der Waals surface area contributed by atoms with Crippen molar-refractivity contribution >= 4 is 18.0 Å². The SMILES string of the molecule is C1=C(c2ccc(OCc3ccccc3)cc2)CCNC1.Cl. The van der Waals surface area contributed by atoms with E-state index in [1.807, 2.05) is 18.2 Å². The first kappa shape index (κ1) is 15.6. The number of nitrogens with one attached hydrogen (secondary N) is 1. The molecule has 2 aromatic carbocycles. The van der Waals surface area contributed by atoms with E-state index in [9.17, 15) is 0 Å². The van der Waals surface area contributed by atoms with Crippen LogP contribution in [0.5, 0.6) is 5.75 Å². The van der Waals surface area contributed by atoms with E-state index < -0.39 is 0 Å². The maximum Gasteiger partial charge on any atom is 0.119 e. The number of hydrogen-bond donors (Lipinski definition) is 1. The van der Waals surface area contributed by atoms with Gasteiger partial charge >= 0.3 is 0 Å². The lowest BCUT2D eigenvalue weighted by molar-refractivity contribution is 0.306. The summed E-state index contributed by atoms with van der Waals surface area (Å²) in [5, 5.41) is 3.33. The van der Waals surface area contributed by atoms with E-state index in [2.05, 4.69) is 47.8 Å². The van der Waals surface area contributed by atoms with Gasteiger partial charge in [0.1, 0.15) is 12.4 Å². The third-order valence-electron chi connectivity index (χ3n) is 3.54. The monoisotopic (exact) mass is 301 g/mol. The summed E-state index contributed by atoms with van der Waals surface area (Å²) in [6, 6.07) is 18.7. The highest BCUT2D eigenvalue weighted by Crippen LogP contribution is 2.22. The first-order chi connectivity index (χ1) is 9.92. The molecule has 0 bridgehead atoms. The predicted molar refractivity (Wildman–Crippen MR) is 89.9 cm³/mol. The van der Waals surface area contributed by atoms with Crippen LogP contribution in [-0.2, 0) is 6.61 Å². The van der Waals surface area contributed by atoms with Crippen LogP contribution in [0.2, 0.25) is 0 Å². The molecule has 0 unspecified atom stereocenters. The van der Waals surface area contributed by atoms with Gasteiger partial charge in [0.2, 0.25) is 0 Å². The van der Waals surface area contributed by atoms with Crippen molar-refractivity contribution in [1.82, 2.24) is 5.32 Å². The van der Waals surface area contributed by atoms with Crippen molar-refractivity contribution in [3.8, 4) is 5.75 Å². The summed E-state index contributed by atoms with van der Waals surface area (Å²) in [6.45, 7) is 2.66. The zero-order valence-corrected chi connectivity index (χ0v) is 12.7. The van der Waals surface area contributed by atoms with Crippen molar-refractivity contribution in [3.05, 3.63) is 71.8 Å². The van der Waals surface area contributed by atoms with E-state index in [4.69, 9.17) is 4.74 Å². The Balaban J connectivity index is 0.00000161. The minimum absolute atomic E-state index is 0. The average molecular weight is 302 g/mol. The molecule has 0 amide bonds. The molecule has 0 aliphatic carbocycles. The Bertz CT molecular complexity index is 578. The maximum atomic E-state index is 5.80. The number of halogens is 1. The van der Waals surface area contributed by atoms with Crippen LogP contribution >= 0.6 is 12.4 Å². The van der Waals surface area contributed by atoms with Crippen LogP contribution in [0.4, 0.5) is 0 Å². The number of benzene rings is 2. The van der Waals surface area contributed by atoms with Gasteiger partial charge in [0.05, 0.1) is 0 Å². The minimum Gasteiger partial charge on any atom is -0.489 e. The highest BCUT2D eigenvalue weighted by Gasteiger charge is 2.05. The maximum absolute atomic E-state index is 5.80. The van der Waals surface area contributed by atoms with Gasteiger partial charge in [-0.1, -0.05) is 48.5 Å². The highest BCUT2D eigenvalue weighted by atomic mass is 35.5. The van der Waals surface area contributed by atoms with Crippen molar-refractivity contribution in [3.63, 3.8) is 0 Å². The Hall–Kier alpha value is -1.77. The van der Waals surface area contributed by atoms with Gasteiger partial charge in [-0.05, 0) is 41.8 Å². The van der Waals surface area contributed by atoms with Gasteiger partial charge in [-0.25, -0.2) is 0 Å². The molecule has 1 N–H and O–H groups in total. The zero-order valence-electron chi connectivity index (χ0n) is 11.9. The second-order valence-electron chi connectivity index (χ2n) is 4.98. The summed E-state index contributed by atoms with van der Waals surface area (Å²) in [6.07, 6.45) is 3.37. The van der Waals surface area contributed by atoms with E-state index >= 15 is 0 Å². The summed E-state index contributed by atoms with van der Waals surface area (Å²) in [4.78, 5) is 0. The van der Waals surface area contributed by atoms with Crippen LogP contribution in [-0.4, -0.2) is 13.1 Å². The summed E-state index contributed by atoms with van der Waals surface area (Å²) < 4.78 is 5.80. The van der Waals surface area contributed by atoms with Gasteiger partial charge in [-0.2, -0.15) is 0 Å². The van der Waals surface area contributed by atoms with Gasteiger partial charge in [0.15, 0.2) is 0 Å². The highest BCUT2D eigenvalue weighted by molar-refractivity contribution is 5.85. The molecule has 3 rings (SSSR count). The molecule has 3 heteroatoms. The van der Waals surface area contributed by atoms with Crippen LogP contribution in [0.1, 0.15) is 17.5 Å². The van der Waals surface area contributed by atoms with Gasteiger partial charge in [-0.15, -0.1) is 12.4 Å². The smallest absolute Gasteiger partial charge is 0.119 e. The Morgan fingerprint density at radius 2 is 1.71 bits per heavy atom. The van der Waals surface area contributed by atoms with Gasteiger partial charge in [0.25, 0.3) is 0 Å². The molecule has 0 saturated heterocycles. The second-order valence-corrected chi connectivity index (χ2v) is 4.98. The molecule has 110 valence electrons. The third-order valence-corrected chi connectivity index (χ3v) is 3.54. The van der Waals surface area contributed by atoms with Crippen molar-refractivity contribution in [2.75, 3.05) is 13.1 Å². The Kier molecular flexibility index (Phi) is 5.85. The fraction of sp³-hybridized carbons (Fsp3) is 0.222. The standard InChI is InChI=1S/C18H19NO.ClH/c1-2-4-15(5-3-1)14-20-18-8-6-16(7-9-18)17-10-12-19-13-11-17;/h1-10,19H,11-14H2;1H. The van der Waals surface area contributed by atoms with Crippen LogP contribution in [0.25, 0.3) is 5.57 Å². The summed E-state index contributed by atoms with van der Waals surface area (Å²) in [5.74, 6) is 0.923. The lowest BCUT2D eigenvalue weighted by atomic mass is 10.0. The van der Waals surface area contributed by atoms with E-state index in [1.54, 1.807) is 0 Å². The van der Waals surface area contributed by atoms with Crippen molar-refractivity contribution in [2.45, 2.75) is 13.0 Å². The molecule has 0 aromatic heterocycles. The molecular formula is C18H20ClNO. The molecule has 0 atom stereocenters. The van der Waals surface area contributed by atoms with E-state index in [1.165, 1.54) is 16.7 Å². The first-order valence-corrected chi connectivity index (χ1v) is 7.09. The summed E-state index contributed by atoms with van der Waals surface area (Å²) in [7, 11) is 0. The van der Waals surface area contributed by atoms with Crippen LogP contribution in [0.15, 0.2) is 60.7 Å². The molecule has 2 aromatic rings. The largest absolute Gasteiger partial charge is 0.489 e. The minimum atomic E-state index is 0. The fourth-order valence-corrected chi connectivity index (χ4v) is 2.39. The molecule has 0 saturated carbocycles. The molecular weight excluding hydrogens is 282 g/mol. The molecule has 0 fully saturated rings. The molecule has 1 aliphatic heterocycles. The zero-order chi connectivity index (χ0) is 13.6. The molecule has 0 spiro atoms. The van der Waals surface area contributed by atoms with Crippen LogP contribution < -0.4 is 10.1 Å². The Morgan fingerprint density at radius 1 is 0.952 bits per heavy atom. The van der Waals surface area contributed by atoms with Gasteiger partial charge in [0, 0.05) is 6.54 Å². The van der Waals surface area contributed by atoms with Crippen molar-refractivity contribution in [1.29, 1.82) is 0 Å². The number of ether oxygens (including phenoxy) is 1. The quantitative estimate of drug-likeness (QED) is 0.919. The van der Waals surface area contributed by atoms with Gasteiger partial charge in [-0.3, -0.25) is 0 Å². The van der Waals surface area contributed by atoms with E-state index in [-0.39, 0.29) is 12.4 Å². The number of hydrogen-bond acceptors (Lipinski definition) is 2. The van der Waals surface area contributed by atoms with Crippen molar-refractivity contribution < 1.29 is 4.74 Å². The second kappa shape index (κ2) is 7.87. The Labute approximate surface area is 132 Å². The Morgan fingerprint density at radius 3 is 2.38 bits per heavy atom. The van der Waals surface area contributed by atoms with E-state index in [0.717, 1.165) is 25.3 Å². The van der Waals surface area contributed by atoms with Crippen molar-refractivity contribution in [2.24, 2.45) is 0 Å². The van der Waals surface area contributed by atoms with Gasteiger partial charge < -0.3 is 10.1 Å². The predicted octanol–water partition coefficient (Wildman–Crippen LogP) is 4.06. The summed E-state index contributed by atoms with van der Waals surface area (Å²) >= 11 is 0. The van der Waals surface area contributed by atoms with E-state index in [0.29, 0.717) is 6.61 Å². The molecule has 1 aliphatic rings. The topological polar surface area (TPSA) is 21.3 Å². The van der Waals surface area contributed by atoms with Crippen LogP contribution in [0.3, 0.4) is 0 Å². The molecule has 1 heterocycles.